The second-order valence-electron chi connectivity index (χ2n) is 4.62. The molecule has 108 valence electrons. The van der Waals surface area contributed by atoms with Crippen LogP contribution in [0.25, 0.3) is 6.08 Å². The van der Waals surface area contributed by atoms with Crippen LogP contribution in [-0.2, 0) is 11.2 Å². The van der Waals surface area contributed by atoms with E-state index in [0.29, 0.717) is 0 Å². The zero-order valence-electron chi connectivity index (χ0n) is 12.3. The number of benzene rings is 2. The summed E-state index contributed by atoms with van der Waals surface area (Å²) in [6.07, 6.45) is 4.20. The van der Waals surface area contributed by atoms with E-state index in [9.17, 15) is 4.79 Å². The summed E-state index contributed by atoms with van der Waals surface area (Å²) < 4.78 is 5.24. The van der Waals surface area contributed by atoms with Crippen molar-refractivity contribution in [2.45, 2.75) is 13.3 Å². The molecule has 0 saturated heterocycles. The van der Waals surface area contributed by atoms with Gasteiger partial charge in [0.05, 0.1) is 7.11 Å². The van der Waals surface area contributed by atoms with Crippen LogP contribution >= 0.6 is 0 Å². The van der Waals surface area contributed by atoms with Crippen molar-refractivity contribution in [1.82, 2.24) is 0 Å². The molecule has 0 bridgehead atoms. The van der Waals surface area contributed by atoms with Gasteiger partial charge in [0.25, 0.3) is 0 Å². The quantitative estimate of drug-likeness (QED) is 0.844. The minimum Gasteiger partial charge on any atom is -0.496 e. The van der Waals surface area contributed by atoms with Crippen molar-refractivity contribution < 1.29 is 9.53 Å². The standard InChI is InChI=1S/C18H19NO2/c1-3-14-7-6-9-16(13-14)19-18(20)12-11-15-8-4-5-10-17(15)21-2/h4-13H,3H2,1-2H3,(H,19,20). The first-order chi connectivity index (χ1) is 10.2. The highest BCUT2D eigenvalue weighted by molar-refractivity contribution is 6.02. The van der Waals surface area contributed by atoms with E-state index in [2.05, 4.69) is 12.2 Å². The van der Waals surface area contributed by atoms with E-state index in [1.54, 1.807) is 13.2 Å². The van der Waals surface area contributed by atoms with E-state index in [0.717, 1.165) is 23.4 Å². The minimum atomic E-state index is -0.158. The number of methoxy groups -OCH3 is 1. The van der Waals surface area contributed by atoms with Gasteiger partial charge >= 0.3 is 0 Å². The van der Waals surface area contributed by atoms with Gasteiger partial charge in [-0.2, -0.15) is 0 Å². The Morgan fingerprint density at radius 2 is 2.00 bits per heavy atom. The third-order valence-corrected chi connectivity index (χ3v) is 3.16. The topological polar surface area (TPSA) is 38.3 Å². The van der Waals surface area contributed by atoms with Crippen LogP contribution in [0.15, 0.2) is 54.6 Å². The molecule has 1 amide bonds. The molecule has 0 aromatic heterocycles. The van der Waals surface area contributed by atoms with E-state index in [4.69, 9.17) is 4.74 Å². The molecule has 0 aliphatic heterocycles. The fourth-order valence-corrected chi connectivity index (χ4v) is 2.02. The molecule has 0 saturated carbocycles. The fraction of sp³-hybridized carbons (Fsp3) is 0.167. The number of hydrogen-bond donors (Lipinski definition) is 1. The van der Waals surface area contributed by atoms with Gasteiger partial charge in [-0.05, 0) is 36.3 Å². The highest BCUT2D eigenvalue weighted by atomic mass is 16.5. The number of anilines is 1. The van der Waals surface area contributed by atoms with Gasteiger partial charge in [0.1, 0.15) is 5.75 Å². The van der Waals surface area contributed by atoms with Gasteiger partial charge in [-0.25, -0.2) is 0 Å². The highest BCUT2D eigenvalue weighted by Crippen LogP contribution is 2.18. The maximum atomic E-state index is 11.9. The first-order valence-corrected chi connectivity index (χ1v) is 6.94. The van der Waals surface area contributed by atoms with Crippen molar-refractivity contribution in [3.8, 4) is 5.75 Å². The first kappa shape index (κ1) is 14.9. The summed E-state index contributed by atoms with van der Waals surface area (Å²) in [6, 6.07) is 15.4. The van der Waals surface area contributed by atoms with Crippen LogP contribution in [0.2, 0.25) is 0 Å². The largest absolute Gasteiger partial charge is 0.496 e. The third kappa shape index (κ3) is 4.21. The van der Waals surface area contributed by atoms with Gasteiger partial charge in [-0.3, -0.25) is 4.79 Å². The van der Waals surface area contributed by atoms with Crippen LogP contribution in [0, 0.1) is 0 Å². The van der Waals surface area contributed by atoms with Gasteiger partial charge in [0.15, 0.2) is 0 Å². The molecule has 0 spiro atoms. The van der Waals surface area contributed by atoms with Crippen LogP contribution in [-0.4, -0.2) is 13.0 Å². The molecule has 0 unspecified atom stereocenters. The molecule has 21 heavy (non-hydrogen) atoms. The molecule has 0 radical (unpaired) electrons. The average Bonchev–Trinajstić information content (AvgIpc) is 2.53. The summed E-state index contributed by atoms with van der Waals surface area (Å²) in [5.41, 5.74) is 2.88. The summed E-state index contributed by atoms with van der Waals surface area (Å²) in [6.45, 7) is 2.09. The van der Waals surface area contributed by atoms with Crippen molar-refractivity contribution in [3.63, 3.8) is 0 Å². The fourth-order valence-electron chi connectivity index (χ4n) is 2.02. The Kier molecular flexibility index (Phi) is 5.16. The molecule has 0 aliphatic carbocycles. The Morgan fingerprint density at radius 3 is 2.76 bits per heavy atom. The number of aryl methyl sites for hydroxylation is 1. The van der Waals surface area contributed by atoms with Gasteiger partial charge in [-0.15, -0.1) is 0 Å². The Balaban J connectivity index is 2.05. The van der Waals surface area contributed by atoms with Crippen molar-refractivity contribution in [2.75, 3.05) is 12.4 Å². The predicted octanol–water partition coefficient (Wildman–Crippen LogP) is 3.91. The molecular weight excluding hydrogens is 262 g/mol. The van der Waals surface area contributed by atoms with Crippen LogP contribution in [0.3, 0.4) is 0 Å². The summed E-state index contributed by atoms with van der Waals surface area (Å²) in [5, 5.41) is 2.86. The van der Waals surface area contributed by atoms with Crippen molar-refractivity contribution in [2.24, 2.45) is 0 Å². The van der Waals surface area contributed by atoms with E-state index in [1.807, 2.05) is 48.5 Å². The Hall–Kier alpha value is -2.55. The lowest BCUT2D eigenvalue weighted by Crippen LogP contribution is -2.07. The van der Waals surface area contributed by atoms with Crippen molar-refractivity contribution >= 4 is 17.7 Å². The summed E-state index contributed by atoms with van der Waals surface area (Å²) >= 11 is 0. The summed E-state index contributed by atoms with van der Waals surface area (Å²) in [5.74, 6) is 0.587. The zero-order valence-corrected chi connectivity index (χ0v) is 12.3. The number of carbonyl (C=O) groups is 1. The van der Waals surface area contributed by atoms with E-state index in [-0.39, 0.29) is 5.91 Å². The molecule has 3 nitrogen and oxygen atoms in total. The molecule has 0 heterocycles. The van der Waals surface area contributed by atoms with Gasteiger partial charge < -0.3 is 10.1 Å². The van der Waals surface area contributed by atoms with Crippen LogP contribution in [0.4, 0.5) is 5.69 Å². The molecule has 0 aliphatic rings. The number of rotatable bonds is 5. The van der Waals surface area contributed by atoms with Crippen molar-refractivity contribution in [1.29, 1.82) is 0 Å². The lowest BCUT2D eigenvalue weighted by molar-refractivity contribution is -0.111. The average molecular weight is 281 g/mol. The van der Waals surface area contributed by atoms with Crippen LogP contribution in [0.5, 0.6) is 5.75 Å². The maximum absolute atomic E-state index is 11.9. The molecular formula is C18H19NO2. The molecule has 0 fully saturated rings. The molecule has 0 atom stereocenters. The zero-order chi connectivity index (χ0) is 15.1. The maximum Gasteiger partial charge on any atom is 0.248 e. The number of amides is 1. The molecule has 2 aromatic carbocycles. The van der Waals surface area contributed by atoms with Crippen molar-refractivity contribution in [3.05, 3.63) is 65.7 Å². The smallest absolute Gasteiger partial charge is 0.248 e. The molecule has 3 heteroatoms. The minimum absolute atomic E-state index is 0.158. The lowest BCUT2D eigenvalue weighted by atomic mass is 10.1. The van der Waals surface area contributed by atoms with Gasteiger partial charge in [0.2, 0.25) is 5.91 Å². The number of nitrogens with one attached hydrogen (secondary N) is 1. The van der Waals surface area contributed by atoms with Crippen LogP contribution in [0.1, 0.15) is 18.1 Å². The lowest BCUT2D eigenvalue weighted by Gasteiger charge is -2.05. The Labute approximate surface area is 125 Å². The summed E-state index contributed by atoms with van der Waals surface area (Å²) in [4.78, 5) is 11.9. The number of carbonyl (C=O) groups excluding carboxylic acids is 1. The van der Waals surface area contributed by atoms with E-state index < -0.39 is 0 Å². The monoisotopic (exact) mass is 281 g/mol. The molecule has 1 N–H and O–H groups in total. The van der Waals surface area contributed by atoms with E-state index >= 15 is 0 Å². The highest BCUT2D eigenvalue weighted by Gasteiger charge is 2.01. The second-order valence-corrected chi connectivity index (χ2v) is 4.62. The second kappa shape index (κ2) is 7.29. The molecule has 2 rings (SSSR count). The van der Waals surface area contributed by atoms with Gasteiger partial charge in [-0.1, -0.05) is 37.3 Å². The number of hydrogen-bond acceptors (Lipinski definition) is 2. The summed E-state index contributed by atoms with van der Waals surface area (Å²) in [7, 11) is 1.61. The SMILES string of the molecule is CCc1cccc(NC(=O)C=Cc2ccccc2OC)c1. The van der Waals surface area contributed by atoms with Gasteiger partial charge in [0, 0.05) is 17.3 Å². The first-order valence-electron chi connectivity index (χ1n) is 6.94. The Bertz CT molecular complexity index is 647. The normalized spacial score (nSPS) is 10.6. The van der Waals surface area contributed by atoms with E-state index in [1.165, 1.54) is 11.6 Å². The third-order valence-electron chi connectivity index (χ3n) is 3.16. The number of ether oxygens (including phenoxy) is 1. The molecule has 2 aromatic rings. The Morgan fingerprint density at radius 1 is 1.19 bits per heavy atom. The predicted molar refractivity (Wildman–Crippen MR) is 86.5 cm³/mol. The number of para-hydroxylation sites is 1. The van der Waals surface area contributed by atoms with Crippen LogP contribution < -0.4 is 10.1 Å².